The molecule has 1 heterocycles. The number of carbonyl (C=O) groups is 1. The highest BCUT2D eigenvalue weighted by Crippen LogP contribution is 2.45. The van der Waals surface area contributed by atoms with Crippen LogP contribution in [0.15, 0.2) is 71.1 Å². The number of hydrogen-bond donors (Lipinski definition) is 1. The van der Waals surface area contributed by atoms with Gasteiger partial charge in [-0.15, -0.1) is 0 Å². The molecule has 7 heteroatoms. The number of nitriles is 1. The smallest absolute Gasteiger partial charge is 0.269 e. The van der Waals surface area contributed by atoms with E-state index in [1.165, 1.54) is 12.1 Å². The molecule has 0 saturated heterocycles. The van der Waals surface area contributed by atoms with Crippen molar-refractivity contribution < 1.29 is 9.72 Å². The predicted octanol–water partition coefficient (Wildman–Crippen LogP) is 5.13. The van der Waals surface area contributed by atoms with Gasteiger partial charge in [0.25, 0.3) is 5.69 Å². The summed E-state index contributed by atoms with van der Waals surface area (Å²) in [7, 11) is 0. The molecule has 0 aromatic heterocycles. The average Bonchev–Trinajstić information content (AvgIpc) is 2.73. The predicted molar refractivity (Wildman–Crippen MR) is 113 cm³/mol. The normalized spacial score (nSPS) is 21.0. The second kappa shape index (κ2) is 7.77. The Morgan fingerprint density at radius 1 is 1.10 bits per heavy atom. The summed E-state index contributed by atoms with van der Waals surface area (Å²) in [4.78, 5) is 23.8. The first kappa shape index (κ1) is 19.9. The summed E-state index contributed by atoms with van der Waals surface area (Å²) in [5.74, 6) is -0.520. The molecule has 150 valence electrons. The number of ketones is 1. The van der Waals surface area contributed by atoms with Crippen LogP contribution in [0.4, 0.5) is 5.69 Å². The molecular formula is C23H18ClN3O3. The summed E-state index contributed by atoms with van der Waals surface area (Å²) in [6.45, 7) is 1.82. The number of nitrogens with one attached hydrogen (secondary N) is 1. The number of nitrogens with zero attached hydrogens (tertiary/aromatic N) is 2. The summed E-state index contributed by atoms with van der Waals surface area (Å²) >= 11 is 5.99. The lowest BCUT2D eigenvalue weighted by Gasteiger charge is -2.35. The highest BCUT2D eigenvalue weighted by molar-refractivity contribution is 6.30. The number of dihydropyridines is 1. The third-order valence-corrected chi connectivity index (χ3v) is 5.98. The van der Waals surface area contributed by atoms with Crippen LogP contribution in [0.3, 0.4) is 0 Å². The maximum atomic E-state index is 13.2. The van der Waals surface area contributed by atoms with E-state index >= 15 is 0 Å². The van der Waals surface area contributed by atoms with Crippen molar-refractivity contribution in [3.8, 4) is 6.07 Å². The Bertz CT molecular complexity index is 1140. The fraction of sp³-hybridized carbons (Fsp3) is 0.217. The highest BCUT2D eigenvalue weighted by Gasteiger charge is 2.39. The van der Waals surface area contributed by atoms with Crippen molar-refractivity contribution >= 4 is 23.1 Å². The lowest BCUT2D eigenvalue weighted by molar-refractivity contribution is -0.384. The highest BCUT2D eigenvalue weighted by atomic mass is 35.5. The second-order valence-electron chi connectivity index (χ2n) is 7.53. The van der Waals surface area contributed by atoms with Gasteiger partial charge in [-0.2, -0.15) is 5.26 Å². The molecule has 0 fully saturated rings. The van der Waals surface area contributed by atoms with Crippen LogP contribution in [0.2, 0.25) is 5.02 Å². The molecule has 0 saturated carbocycles. The van der Waals surface area contributed by atoms with Gasteiger partial charge in [0.05, 0.1) is 22.5 Å². The van der Waals surface area contributed by atoms with Crippen LogP contribution in [-0.4, -0.2) is 10.7 Å². The van der Waals surface area contributed by atoms with E-state index in [0.29, 0.717) is 40.3 Å². The monoisotopic (exact) mass is 419 g/mol. The van der Waals surface area contributed by atoms with Gasteiger partial charge in [0, 0.05) is 40.5 Å². The fourth-order valence-electron chi connectivity index (χ4n) is 4.28. The lowest BCUT2D eigenvalue weighted by atomic mass is 9.72. The maximum absolute atomic E-state index is 13.2. The van der Waals surface area contributed by atoms with Gasteiger partial charge in [0.2, 0.25) is 0 Å². The zero-order valence-electron chi connectivity index (χ0n) is 16.2. The SMILES string of the molecule is CC1=C(C#N)[C@H](c2ccc([N+](=O)[O-])cc2)C2=C(C[C@@H](c3ccc(Cl)cc3)CC2=O)N1. The van der Waals surface area contributed by atoms with E-state index in [1.54, 1.807) is 12.1 Å². The van der Waals surface area contributed by atoms with Crippen LogP contribution in [0.1, 0.15) is 42.7 Å². The Labute approximate surface area is 178 Å². The molecule has 2 aliphatic rings. The number of benzene rings is 2. The minimum absolute atomic E-state index is 0.0210. The Kier molecular flexibility index (Phi) is 5.15. The van der Waals surface area contributed by atoms with Crippen molar-refractivity contribution in [2.24, 2.45) is 0 Å². The van der Waals surface area contributed by atoms with Crippen molar-refractivity contribution in [2.75, 3.05) is 0 Å². The van der Waals surface area contributed by atoms with E-state index in [9.17, 15) is 20.2 Å². The summed E-state index contributed by atoms with van der Waals surface area (Å²) in [5, 5.41) is 24.7. The fourth-order valence-corrected chi connectivity index (χ4v) is 4.41. The molecule has 4 rings (SSSR count). The van der Waals surface area contributed by atoms with E-state index in [-0.39, 0.29) is 17.4 Å². The molecule has 1 N–H and O–H groups in total. The molecule has 1 aliphatic carbocycles. The Balaban J connectivity index is 1.76. The molecule has 0 amide bonds. The molecule has 0 radical (unpaired) electrons. The largest absolute Gasteiger partial charge is 0.361 e. The van der Waals surface area contributed by atoms with E-state index in [4.69, 9.17) is 11.6 Å². The standard InChI is InChI=1S/C23H18ClN3O3/c1-13-19(12-25)22(15-4-8-18(9-5-15)27(29)30)23-20(26-13)10-16(11-21(23)28)14-2-6-17(24)7-3-14/h2-9,16,22,26H,10-11H2,1H3/t16-,22+/m1/s1. The molecule has 0 unspecified atom stereocenters. The van der Waals surface area contributed by atoms with E-state index in [2.05, 4.69) is 11.4 Å². The van der Waals surface area contributed by atoms with Gasteiger partial charge < -0.3 is 5.32 Å². The van der Waals surface area contributed by atoms with Gasteiger partial charge in [-0.3, -0.25) is 14.9 Å². The minimum atomic E-state index is -0.522. The first-order chi connectivity index (χ1) is 14.4. The van der Waals surface area contributed by atoms with Crippen molar-refractivity contribution in [3.63, 3.8) is 0 Å². The maximum Gasteiger partial charge on any atom is 0.269 e. The molecule has 2 aromatic carbocycles. The zero-order valence-corrected chi connectivity index (χ0v) is 16.9. The number of nitro groups is 1. The van der Waals surface area contributed by atoms with Gasteiger partial charge in [0.1, 0.15) is 0 Å². The molecule has 30 heavy (non-hydrogen) atoms. The Morgan fingerprint density at radius 2 is 1.73 bits per heavy atom. The summed E-state index contributed by atoms with van der Waals surface area (Å²) in [5.41, 5.74) is 4.26. The van der Waals surface area contributed by atoms with Gasteiger partial charge in [-0.25, -0.2) is 0 Å². The number of rotatable bonds is 3. The quantitative estimate of drug-likeness (QED) is 0.549. The third-order valence-electron chi connectivity index (χ3n) is 5.73. The summed E-state index contributed by atoms with van der Waals surface area (Å²) in [6.07, 6.45) is 0.978. The topological polar surface area (TPSA) is 96.0 Å². The molecular weight excluding hydrogens is 402 g/mol. The number of halogens is 1. The van der Waals surface area contributed by atoms with Gasteiger partial charge in [-0.05, 0) is 42.5 Å². The molecule has 0 spiro atoms. The number of carbonyl (C=O) groups excluding carboxylic acids is 1. The first-order valence-electron chi connectivity index (χ1n) is 9.53. The van der Waals surface area contributed by atoms with E-state index in [0.717, 1.165) is 11.3 Å². The minimum Gasteiger partial charge on any atom is -0.361 e. The molecule has 0 bridgehead atoms. The van der Waals surface area contributed by atoms with Crippen LogP contribution in [-0.2, 0) is 4.79 Å². The first-order valence-corrected chi connectivity index (χ1v) is 9.90. The Morgan fingerprint density at radius 3 is 2.33 bits per heavy atom. The molecule has 1 aliphatic heterocycles. The van der Waals surface area contributed by atoms with Crippen LogP contribution < -0.4 is 5.32 Å². The van der Waals surface area contributed by atoms with Crippen molar-refractivity contribution in [2.45, 2.75) is 31.6 Å². The van der Waals surface area contributed by atoms with Crippen molar-refractivity contribution in [1.82, 2.24) is 5.32 Å². The van der Waals surface area contributed by atoms with Gasteiger partial charge >= 0.3 is 0 Å². The van der Waals surface area contributed by atoms with Gasteiger partial charge in [0.15, 0.2) is 5.78 Å². The number of hydrogen-bond acceptors (Lipinski definition) is 5. The van der Waals surface area contributed by atoms with Crippen LogP contribution >= 0.6 is 11.6 Å². The van der Waals surface area contributed by atoms with Crippen molar-refractivity contribution in [3.05, 3.63) is 97.3 Å². The number of nitro benzene ring substituents is 1. The third kappa shape index (κ3) is 3.49. The van der Waals surface area contributed by atoms with Crippen LogP contribution in [0.25, 0.3) is 0 Å². The zero-order chi connectivity index (χ0) is 21.4. The average molecular weight is 420 g/mol. The molecule has 2 atom stereocenters. The van der Waals surface area contributed by atoms with Crippen LogP contribution in [0.5, 0.6) is 0 Å². The molecule has 2 aromatic rings. The van der Waals surface area contributed by atoms with Gasteiger partial charge in [-0.1, -0.05) is 35.9 Å². The Hall–Kier alpha value is -3.43. The second-order valence-corrected chi connectivity index (χ2v) is 7.97. The summed E-state index contributed by atoms with van der Waals surface area (Å²) < 4.78 is 0. The van der Waals surface area contributed by atoms with Crippen LogP contribution in [0, 0.1) is 21.4 Å². The van der Waals surface area contributed by atoms with E-state index in [1.807, 2.05) is 31.2 Å². The number of Topliss-reactive ketones (excluding diaryl/α,β-unsaturated/α-hetero) is 1. The van der Waals surface area contributed by atoms with Crippen molar-refractivity contribution in [1.29, 1.82) is 5.26 Å². The number of allylic oxidation sites excluding steroid dienone is 4. The summed E-state index contributed by atoms with van der Waals surface area (Å²) in [6, 6.07) is 15.8. The lowest BCUT2D eigenvalue weighted by Crippen LogP contribution is -2.33. The number of non-ortho nitro benzene ring substituents is 1. The van der Waals surface area contributed by atoms with E-state index < -0.39 is 10.8 Å². The molecule has 6 nitrogen and oxygen atoms in total.